The van der Waals surface area contributed by atoms with Crippen molar-refractivity contribution in [1.29, 1.82) is 0 Å². The standard InChI is InChI=1S/C11H13N3O2/c1-14(7-10-3-2-4-16-10)11-6-12-5-9(8-15)13-11/h2-6,15H,7-8H2,1H3. The molecule has 0 aliphatic rings. The first-order chi connectivity index (χ1) is 7.79. The molecular weight excluding hydrogens is 206 g/mol. The van der Waals surface area contributed by atoms with Gasteiger partial charge in [-0.15, -0.1) is 0 Å². The molecule has 0 bridgehead atoms. The second kappa shape index (κ2) is 4.76. The van der Waals surface area contributed by atoms with Crippen molar-refractivity contribution in [3.8, 4) is 0 Å². The lowest BCUT2D eigenvalue weighted by atomic mass is 10.4. The zero-order valence-electron chi connectivity index (χ0n) is 9.00. The van der Waals surface area contributed by atoms with E-state index in [0.29, 0.717) is 18.1 Å². The Morgan fingerprint density at radius 1 is 1.44 bits per heavy atom. The minimum atomic E-state index is -0.102. The van der Waals surface area contributed by atoms with Crippen molar-refractivity contribution in [1.82, 2.24) is 9.97 Å². The third-order valence-corrected chi connectivity index (χ3v) is 2.20. The summed E-state index contributed by atoms with van der Waals surface area (Å²) in [6.07, 6.45) is 4.84. The van der Waals surface area contributed by atoms with Gasteiger partial charge in [0.25, 0.3) is 0 Å². The molecule has 0 amide bonds. The molecule has 0 saturated carbocycles. The van der Waals surface area contributed by atoms with Gasteiger partial charge in [-0.3, -0.25) is 4.98 Å². The fourth-order valence-corrected chi connectivity index (χ4v) is 1.37. The Balaban J connectivity index is 2.11. The van der Waals surface area contributed by atoms with E-state index in [4.69, 9.17) is 9.52 Å². The topological polar surface area (TPSA) is 62.4 Å². The third kappa shape index (κ3) is 2.38. The number of aliphatic hydroxyl groups is 1. The number of rotatable bonds is 4. The number of nitrogens with zero attached hydrogens (tertiary/aromatic N) is 3. The maximum Gasteiger partial charge on any atom is 0.147 e. The molecule has 0 spiro atoms. The number of hydrogen-bond donors (Lipinski definition) is 1. The van der Waals surface area contributed by atoms with E-state index < -0.39 is 0 Å². The Labute approximate surface area is 93.4 Å². The number of furan rings is 1. The molecule has 0 fully saturated rings. The Morgan fingerprint density at radius 3 is 3.00 bits per heavy atom. The summed E-state index contributed by atoms with van der Waals surface area (Å²) in [5.41, 5.74) is 0.559. The van der Waals surface area contributed by atoms with E-state index in [1.165, 1.54) is 0 Å². The van der Waals surface area contributed by atoms with E-state index in [-0.39, 0.29) is 6.61 Å². The van der Waals surface area contributed by atoms with E-state index in [1.54, 1.807) is 18.7 Å². The first kappa shape index (κ1) is 10.6. The molecular formula is C11H13N3O2. The third-order valence-electron chi connectivity index (χ3n) is 2.20. The predicted molar refractivity (Wildman–Crippen MR) is 58.8 cm³/mol. The maximum absolute atomic E-state index is 8.96. The molecule has 0 atom stereocenters. The first-order valence-corrected chi connectivity index (χ1v) is 4.95. The number of aromatic nitrogens is 2. The number of aliphatic hydroxyl groups excluding tert-OH is 1. The summed E-state index contributed by atoms with van der Waals surface area (Å²) in [6, 6.07) is 3.75. The van der Waals surface area contributed by atoms with Gasteiger partial charge in [-0.05, 0) is 12.1 Å². The summed E-state index contributed by atoms with van der Waals surface area (Å²) in [4.78, 5) is 10.2. The van der Waals surface area contributed by atoms with E-state index in [9.17, 15) is 0 Å². The highest BCUT2D eigenvalue weighted by molar-refractivity contribution is 5.35. The summed E-state index contributed by atoms with van der Waals surface area (Å²) in [5.74, 6) is 1.57. The quantitative estimate of drug-likeness (QED) is 0.837. The number of anilines is 1. The van der Waals surface area contributed by atoms with E-state index in [2.05, 4.69) is 9.97 Å². The lowest BCUT2D eigenvalue weighted by Gasteiger charge is -2.16. The van der Waals surface area contributed by atoms with Crippen molar-refractivity contribution in [2.24, 2.45) is 0 Å². The molecule has 0 unspecified atom stereocenters. The monoisotopic (exact) mass is 219 g/mol. The molecule has 5 nitrogen and oxygen atoms in total. The normalized spacial score (nSPS) is 10.4. The van der Waals surface area contributed by atoms with E-state index >= 15 is 0 Å². The molecule has 2 aromatic rings. The zero-order valence-corrected chi connectivity index (χ0v) is 9.00. The highest BCUT2D eigenvalue weighted by atomic mass is 16.3. The predicted octanol–water partition coefficient (Wildman–Crippen LogP) is 1.20. The SMILES string of the molecule is CN(Cc1ccco1)c1cncc(CO)n1. The van der Waals surface area contributed by atoms with Crippen LogP contribution in [0.3, 0.4) is 0 Å². The molecule has 2 rings (SSSR count). The summed E-state index contributed by atoms with van der Waals surface area (Å²) in [5, 5.41) is 8.96. The Kier molecular flexibility index (Phi) is 3.16. The van der Waals surface area contributed by atoms with Crippen LogP contribution in [0.2, 0.25) is 0 Å². The highest BCUT2D eigenvalue weighted by Crippen LogP contribution is 2.12. The molecule has 2 aromatic heterocycles. The molecule has 2 heterocycles. The van der Waals surface area contributed by atoms with Crippen LogP contribution in [0.1, 0.15) is 11.5 Å². The van der Waals surface area contributed by atoms with Crippen LogP contribution in [0.5, 0.6) is 0 Å². The van der Waals surface area contributed by atoms with Crippen LogP contribution in [-0.2, 0) is 13.2 Å². The van der Waals surface area contributed by atoms with Gasteiger partial charge in [0.2, 0.25) is 0 Å². The summed E-state index contributed by atoms with van der Waals surface area (Å²) in [7, 11) is 1.90. The Morgan fingerprint density at radius 2 is 2.31 bits per heavy atom. The molecule has 5 heteroatoms. The van der Waals surface area contributed by atoms with Crippen LogP contribution < -0.4 is 4.90 Å². The molecule has 1 N–H and O–H groups in total. The van der Waals surface area contributed by atoms with Crippen molar-refractivity contribution in [3.05, 3.63) is 42.2 Å². The van der Waals surface area contributed by atoms with Gasteiger partial charge in [0.05, 0.1) is 37.5 Å². The van der Waals surface area contributed by atoms with Gasteiger partial charge in [-0.2, -0.15) is 0 Å². The van der Waals surface area contributed by atoms with Crippen molar-refractivity contribution >= 4 is 5.82 Å². The average molecular weight is 219 g/mol. The molecule has 84 valence electrons. The Bertz CT molecular complexity index is 442. The maximum atomic E-state index is 8.96. The fraction of sp³-hybridized carbons (Fsp3) is 0.273. The van der Waals surface area contributed by atoms with Gasteiger partial charge < -0.3 is 14.4 Å². The van der Waals surface area contributed by atoms with Crippen LogP contribution >= 0.6 is 0 Å². The zero-order chi connectivity index (χ0) is 11.4. The Hall–Kier alpha value is -1.88. The van der Waals surface area contributed by atoms with Gasteiger partial charge >= 0.3 is 0 Å². The minimum absolute atomic E-state index is 0.102. The van der Waals surface area contributed by atoms with Crippen molar-refractivity contribution in [2.75, 3.05) is 11.9 Å². The average Bonchev–Trinajstić information content (AvgIpc) is 2.82. The van der Waals surface area contributed by atoms with Gasteiger partial charge in [0.1, 0.15) is 11.6 Å². The van der Waals surface area contributed by atoms with Gasteiger partial charge in [0.15, 0.2) is 0 Å². The molecule has 0 radical (unpaired) electrons. The molecule has 0 aliphatic heterocycles. The van der Waals surface area contributed by atoms with Gasteiger partial charge in [0, 0.05) is 7.05 Å². The number of hydrogen-bond acceptors (Lipinski definition) is 5. The molecule has 0 saturated heterocycles. The van der Waals surface area contributed by atoms with Crippen molar-refractivity contribution in [3.63, 3.8) is 0 Å². The molecule has 16 heavy (non-hydrogen) atoms. The summed E-state index contributed by atoms with van der Waals surface area (Å²) in [6.45, 7) is 0.520. The largest absolute Gasteiger partial charge is 0.467 e. The lowest BCUT2D eigenvalue weighted by molar-refractivity contribution is 0.276. The van der Waals surface area contributed by atoms with Crippen LogP contribution in [0, 0.1) is 0 Å². The van der Waals surface area contributed by atoms with Gasteiger partial charge in [-0.25, -0.2) is 4.98 Å². The second-order valence-electron chi connectivity index (χ2n) is 3.46. The van der Waals surface area contributed by atoms with E-state index in [1.807, 2.05) is 24.1 Å². The molecule has 0 aliphatic carbocycles. The first-order valence-electron chi connectivity index (χ1n) is 4.95. The van der Waals surface area contributed by atoms with Crippen LogP contribution in [0.15, 0.2) is 35.2 Å². The lowest BCUT2D eigenvalue weighted by Crippen LogP contribution is -2.18. The summed E-state index contributed by atoms with van der Waals surface area (Å²) < 4.78 is 5.24. The van der Waals surface area contributed by atoms with Gasteiger partial charge in [-0.1, -0.05) is 0 Å². The van der Waals surface area contributed by atoms with Crippen molar-refractivity contribution < 1.29 is 9.52 Å². The smallest absolute Gasteiger partial charge is 0.147 e. The fourth-order valence-electron chi connectivity index (χ4n) is 1.37. The summed E-state index contributed by atoms with van der Waals surface area (Å²) >= 11 is 0. The van der Waals surface area contributed by atoms with E-state index in [0.717, 1.165) is 5.76 Å². The highest BCUT2D eigenvalue weighted by Gasteiger charge is 2.06. The minimum Gasteiger partial charge on any atom is -0.467 e. The second-order valence-corrected chi connectivity index (χ2v) is 3.46. The van der Waals surface area contributed by atoms with Crippen LogP contribution in [0.25, 0.3) is 0 Å². The molecule has 0 aromatic carbocycles. The van der Waals surface area contributed by atoms with Crippen LogP contribution in [0.4, 0.5) is 5.82 Å². The van der Waals surface area contributed by atoms with Crippen molar-refractivity contribution in [2.45, 2.75) is 13.2 Å². The van der Waals surface area contributed by atoms with Crippen LogP contribution in [-0.4, -0.2) is 22.1 Å².